The fourth-order valence-electron chi connectivity index (χ4n) is 3.94. The Labute approximate surface area is 152 Å². The van der Waals surface area contributed by atoms with Crippen molar-refractivity contribution < 1.29 is 4.74 Å². The van der Waals surface area contributed by atoms with Crippen LogP contribution in [0.3, 0.4) is 0 Å². The molecule has 25 heavy (non-hydrogen) atoms. The molecule has 1 aromatic rings. The summed E-state index contributed by atoms with van der Waals surface area (Å²) >= 11 is 0. The van der Waals surface area contributed by atoms with E-state index in [1.807, 2.05) is 7.05 Å². The molecule has 5 heteroatoms. The second-order valence-electron chi connectivity index (χ2n) is 7.53. The van der Waals surface area contributed by atoms with Crippen molar-refractivity contribution in [3.63, 3.8) is 0 Å². The average molecular weight is 345 g/mol. The molecule has 2 heterocycles. The first-order valence-electron chi connectivity index (χ1n) is 9.47. The van der Waals surface area contributed by atoms with Crippen molar-refractivity contribution in [2.75, 3.05) is 53.5 Å². The quantitative estimate of drug-likeness (QED) is 0.488. The standard InChI is InChI=1S/C20H32N4O/c1-21-19(24-13-9-20(16-24)10-14-25-17-20)22-11-6-12-23(2)15-18-7-4-3-5-8-18/h3-5,7-8H,6,9-17H2,1-2H3,(H,21,22). The number of benzene rings is 1. The smallest absolute Gasteiger partial charge is 0.193 e. The molecule has 1 unspecified atom stereocenters. The highest BCUT2D eigenvalue weighted by atomic mass is 16.5. The summed E-state index contributed by atoms with van der Waals surface area (Å²) in [5, 5.41) is 3.55. The molecule has 0 radical (unpaired) electrons. The maximum atomic E-state index is 5.63. The number of hydrogen-bond acceptors (Lipinski definition) is 3. The van der Waals surface area contributed by atoms with Crippen LogP contribution in [0.5, 0.6) is 0 Å². The lowest BCUT2D eigenvalue weighted by Gasteiger charge is -2.25. The van der Waals surface area contributed by atoms with E-state index in [1.54, 1.807) is 0 Å². The number of likely N-dealkylation sites (tertiary alicyclic amines) is 1. The van der Waals surface area contributed by atoms with Crippen molar-refractivity contribution in [1.82, 2.24) is 15.1 Å². The summed E-state index contributed by atoms with van der Waals surface area (Å²) in [5.74, 6) is 1.05. The summed E-state index contributed by atoms with van der Waals surface area (Å²) in [5.41, 5.74) is 1.75. The van der Waals surface area contributed by atoms with E-state index < -0.39 is 0 Å². The number of nitrogens with one attached hydrogen (secondary N) is 1. The third kappa shape index (κ3) is 4.95. The van der Waals surface area contributed by atoms with Crippen LogP contribution in [0.4, 0.5) is 0 Å². The normalized spacial score (nSPS) is 23.8. The van der Waals surface area contributed by atoms with Crippen LogP contribution in [0.15, 0.2) is 35.3 Å². The minimum atomic E-state index is 0.382. The predicted octanol–water partition coefficient (Wildman–Crippen LogP) is 2.20. The first kappa shape index (κ1) is 18.2. The summed E-state index contributed by atoms with van der Waals surface area (Å²) in [6.07, 6.45) is 3.54. The minimum absolute atomic E-state index is 0.382. The van der Waals surface area contributed by atoms with Crippen molar-refractivity contribution in [3.05, 3.63) is 35.9 Å². The van der Waals surface area contributed by atoms with Crippen LogP contribution in [0, 0.1) is 5.41 Å². The molecule has 1 N–H and O–H groups in total. The molecule has 1 aromatic carbocycles. The van der Waals surface area contributed by atoms with Gasteiger partial charge in [-0.1, -0.05) is 30.3 Å². The Morgan fingerprint density at radius 1 is 1.32 bits per heavy atom. The Bertz CT molecular complexity index is 554. The van der Waals surface area contributed by atoms with Crippen LogP contribution in [0.1, 0.15) is 24.8 Å². The molecule has 0 aliphatic carbocycles. The second kappa shape index (κ2) is 8.68. The van der Waals surface area contributed by atoms with E-state index in [9.17, 15) is 0 Å². The van der Waals surface area contributed by atoms with Crippen molar-refractivity contribution in [1.29, 1.82) is 0 Å². The van der Waals surface area contributed by atoms with Crippen molar-refractivity contribution in [2.45, 2.75) is 25.8 Å². The van der Waals surface area contributed by atoms with E-state index in [4.69, 9.17) is 4.74 Å². The van der Waals surface area contributed by atoms with Crippen molar-refractivity contribution in [3.8, 4) is 0 Å². The lowest BCUT2D eigenvalue weighted by Crippen LogP contribution is -2.42. The molecule has 0 saturated carbocycles. The zero-order chi connectivity index (χ0) is 17.5. The van der Waals surface area contributed by atoms with Crippen LogP contribution < -0.4 is 5.32 Å². The van der Waals surface area contributed by atoms with Gasteiger partial charge in [0, 0.05) is 45.2 Å². The molecule has 0 amide bonds. The monoisotopic (exact) mass is 344 g/mol. The Kier molecular flexibility index (Phi) is 6.32. The molecule has 3 rings (SSSR count). The zero-order valence-electron chi connectivity index (χ0n) is 15.7. The molecule has 2 aliphatic heterocycles. The SMILES string of the molecule is CN=C(NCCCN(C)Cc1ccccc1)N1CCC2(CCOC2)C1. The van der Waals surface area contributed by atoms with Crippen LogP contribution >= 0.6 is 0 Å². The first-order valence-corrected chi connectivity index (χ1v) is 9.47. The Morgan fingerprint density at radius 3 is 2.88 bits per heavy atom. The molecule has 5 nitrogen and oxygen atoms in total. The van der Waals surface area contributed by atoms with E-state index in [0.717, 1.165) is 58.3 Å². The molecule has 0 bridgehead atoms. The van der Waals surface area contributed by atoms with Crippen LogP contribution in [0.2, 0.25) is 0 Å². The molecule has 2 fully saturated rings. The molecule has 0 aromatic heterocycles. The number of nitrogens with zero attached hydrogens (tertiary/aromatic N) is 3. The van der Waals surface area contributed by atoms with Gasteiger partial charge in [-0.05, 0) is 38.4 Å². The van der Waals surface area contributed by atoms with Gasteiger partial charge in [0.2, 0.25) is 0 Å². The van der Waals surface area contributed by atoms with E-state index in [1.165, 1.54) is 18.4 Å². The maximum absolute atomic E-state index is 5.63. The molecule has 1 spiro atoms. The fourth-order valence-corrected chi connectivity index (χ4v) is 3.94. The van der Waals surface area contributed by atoms with Gasteiger partial charge in [-0.2, -0.15) is 0 Å². The van der Waals surface area contributed by atoms with E-state index in [0.29, 0.717) is 5.41 Å². The van der Waals surface area contributed by atoms with Crippen LogP contribution in [-0.4, -0.2) is 69.2 Å². The number of guanidine groups is 1. The maximum Gasteiger partial charge on any atom is 0.193 e. The number of aliphatic imine (C=N–C) groups is 1. The van der Waals surface area contributed by atoms with E-state index in [-0.39, 0.29) is 0 Å². The molecular formula is C20H32N4O. The van der Waals surface area contributed by atoms with Gasteiger partial charge in [0.25, 0.3) is 0 Å². The Hall–Kier alpha value is -1.59. The highest BCUT2D eigenvalue weighted by Crippen LogP contribution is 2.38. The minimum Gasteiger partial charge on any atom is -0.381 e. The van der Waals surface area contributed by atoms with E-state index >= 15 is 0 Å². The summed E-state index contributed by atoms with van der Waals surface area (Å²) in [7, 11) is 4.08. The summed E-state index contributed by atoms with van der Waals surface area (Å²) in [4.78, 5) is 9.27. The topological polar surface area (TPSA) is 40.1 Å². The van der Waals surface area contributed by atoms with E-state index in [2.05, 4.69) is 57.5 Å². The largest absolute Gasteiger partial charge is 0.381 e. The van der Waals surface area contributed by atoms with Gasteiger partial charge in [0.15, 0.2) is 5.96 Å². The van der Waals surface area contributed by atoms with Crippen LogP contribution in [-0.2, 0) is 11.3 Å². The number of hydrogen-bond donors (Lipinski definition) is 1. The van der Waals surface area contributed by atoms with Crippen molar-refractivity contribution >= 4 is 5.96 Å². The lowest BCUT2D eigenvalue weighted by atomic mass is 9.87. The first-order chi connectivity index (χ1) is 12.2. The molecule has 138 valence electrons. The highest BCUT2D eigenvalue weighted by molar-refractivity contribution is 5.80. The van der Waals surface area contributed by atoms with Gasteiger partial charge in [0.05, 0.1) is 6.61 Å². The summed E-state index contributed by atoms with van der Waals surface area (Å²) in [6, 6.07) is 10.7. The van der Waals surface area contributed by atoms with Gasteiger partial charge in [-0.3, -0.25) is 4.99 Å². The second-order valence-corrected chi connectivity index (χ2v) is 7.53. The third-order valence-corrected chi connectivity index (χ3v) is 5.43. The van der Waals surface area contributed by atoms with Gasteiger partial charge in [-0.15, -0.1) is 0 Å². The number of rotatable bonds is 6. The lowest BCUT2D eigenvalue weighted by molar-refractivity contribution is 0.156. The zero-order valence-corrected chi connectivity index (χ0v) is 15.7. The van der Waals surface area contributed by atoms with Gasteiger partial charge < -0.3 is 19.9 Å². The summed E-state index contributed by atoms with van der Waals surface area (Å²) < 4.78 is 5.63. The molecule has 1 atom stereocenters. The Balaban J connectivity index is 1.36. The average Bonchev–Trinajstić information content (AvgIpc) is 3.26. The fraction of sp³-hybridized carbons (Fsp3) is 0.650. The van der Waals surface area contributed by atoms with Crippen LogP contribution in [0.25, 0.3) is 0 Å². The third-order valence-electron chi connectivity index (χ3n) is 5.43. The predicted molar refractivity (Wildman–Crippen MR) is 103 cm³/mol. The molecule has 2 saturated heterocycles. The Morgan fingerprint density at radius 2 is 2.16 bits per heavy atom. The highest BCUT2D eigenvalue weighted by Gasteiger charge is 2.42. The van der Waals surface area contributed by atoms with Gasteiger partial charge in [0.1, 0.15) is 0 Å². The van der Waals surface area contributed by atoms with Gasteiger partial charge in [-0.25, -0.2) is 0 Å². The van der Waals surface area contributed by atoms with Gasteiger partial charge >= 0.3 is 0 Å². The summed E-state index contributed by atoms with van der Waals surface area (Å²) in [6.45, 7) is 7.07. The molecule has 2 aliphatic rings. The number of ether oxygens (including phenoxy) is 1. The molecular weight excluding hydrogens is 312 g/mol. The van der Waals surface area contributed by atoms with Crippen molar-refractivity contribution in [2.24, 2.45) is 10.4 Å².